The Hall–Kier alpha value is -2.21. The summed E-state index contributed by atoms with van der Waals surface area (Å²) in [5.41, 5.74) is 1.62. The molecule has 4 aromatic rings. The van der Waals surface area contributed by atoms with Gasteiger partial charge in [0.1, 0.15) is 15.7 Å². The summed E-state index contributed by atoms with van der Waals surface area (Å²) in [4.78, 5) is 0. The maximum Gasteiger partial charge on any atom is 0.114 e. The van der Waals surface area contributed by atoms with Gasteiger partial charge < -0.3 is 0 Å². The molecular formula is C18H10B2. The first-order valence-electron chi connectivity index (χ1n) is 6.64. The molecule has 4 aromatic carbocycles. The molecule has 0 saturated carbocycles. The van der Waals surface area contributed by atoms with Gasteiger partial charge in [-0.3, -0.25) is 0 Å². The molecule has 0 spiro atoms. The molecule has 0 aliphatic carbocycles. The van der Waals surface area contributed by atoms with Crippen molar-refractivity contribution in [2.45, 2.75) is 0 Å². The Morgan fingerprint density at radius 3 is 1.20 bits per heavy atom. The summed E-state index contributed by atoms with van der Waals surface area (Å²) >= 11 is 0. The number of hydrogen-bond donors (Lipinski definition) is 0. The van der Waals surface area contributed by atoms with E-state index in [9.17, 15) is 0 Å². The van der Waals surface area contributed by atoms with E-state index >= 15 is 0 Å². The van der Waals surface area contributed by atoms with Crippen molar-refractivity contribution in [3.05, 3.63) is 60.7 Å². The van der Waals surface area contributed by atoms with Crippen LogP contribution in [0.25, 0.3) is 32.3 Å². The summed E-state index contributed by atoms with van der Waals surface area (Å²) in [7, 11) is 12.4. The molecule has 0 saturated heterocycles. The summed E-state index contributed by atoms with van der Waals surface area (Å²) < 4.78 is 0. The molecule has 0 aliphatic rings. The highest BCUT2D eigenvalue weighted by atomic mass is 14.1. The molecule has 0 heterocycles. The first-order chi connectivity index (χ1) is 9.75. The fourth-order valence-corrected chi connectivity index (χ4v) is 3.01. The lowest BCUT2D eigenvalue weighted by Gasteiger charge is -2.12. The second-order valence-corrected chi connectivity index (χ2v) is 5.12. The summed E-state index contributed by atoms with van der Waals surface area (Å²) in [6.45, 7) is 0. The van der Waals surface area contributed by atoms with Crippen molar-refractivity contribution in [3.63, 3.8) is 0 Å². The molecule has 0 amide bonds. The Balaban J connectivity index is 2.36. The van der Waals surface area contributed by atoms with Crippen LogP contribution in [0.5, 0.6) is 0 Å². The highest BCUT2D eigenvalue weighted by Crippen LogP contribution is 2.28. The van der Waals surface area contributed by atoms with Crippen molar-refractivity contribution in [1.82, 2.24) is 0 Å². The first kappa shape index (κ1) is 11.6. The van der Waals surface area contributed by atoms with Crippen molar-refractivity contribution in [1.29, 1.82) is 0 Å². The number of rotatable bonds is 0. The predicted octanol–water partition coefficient (Wildman–Crippen LogP) is 2.73. The third kappa shape index (κ3) is 1.51. The molecule has 88 valence electrons. The zero-order valence-electron chi connectivity index (χ0n) is 10.9. The van der Waals surface area contributed by atoms with Crippen LogP contribution < -0.4 is 10.9 Å². The van der Waals surface area contributed by atoms with E-state index in [-0.39, 0.29) is 0 Å². The van der Waals surface area contributed by atoms with Gasteiger partial charge in [0.2, 0.25) is 0 Å². The van der Waals surface area contributed by atoms with E-state index in [4.69, 9.17) is 15.7 Å². The van der Waals surface area contributed by atoms with Gasteiger partial charge in [0.05, 0.1) is 0 Å². The Labute approximate surface area is 120 Å². The summed E-state index contributed by atoms with van der Waals surface area (Å²) in [5, 5.41) is 6.78. The number of hydrogen-bond acceptors (Lipinski definition) is 0. The Bertz CT molecular complexity index is 890. The van der Waals surface area contributed by atoms with Crippen LogP contribution in [-0.4, -0.2) is 15.7 Å². The van der Waals surface area contributed by atoms with Gasteiger partial charge in [-0.05, 0) is 32.3 Å². The Kier molecular flexibility index (Phi) is 2.40. The second-order valence-electron chi connectivity index (χ2n) is 5.12. The van der Waals surface area contributed by atoms with Gasteiger partial charge in [-0.25, -0.2) is 0 Å². The highest BCUT2D eigenvalue weighted by molar-refractivity contribution is 6.45. The average Bonchev–Trinajstić information content (AvgIpc) is 2.49. The molecule has 20 heavy (non-hydrogen) atoms. The predicted molar refractivity (Wildman–Crippen MR) is 89.7 cm³/mol. The fourth-order valence-electron chi connectivity index (χ4n) is 3.01. The smallest absolute Gasteiger partial charge is 0.0883 e. The topological polar surface area (TPSA) is 0 Å². The zero-order valence-corrected chi connectivity index (χ0v) is 10.9. The molecule has 0 fully saturated rings. The largest absolute Gasteiger partial charge is 0.114 e. The molecule has 0 aromatic heterocycles. The molecular weight excluding hydrogens is 238 g/mol. The van der Waals surface area contributed by atoms with Crippen LogP contribution in [0, 0.1) is 0 Å². The van der Waals surface area contributed by atoms with Crippen molar-refractivity contribution >= 4 is 58.9 Å². The van der Waals surface area contributed by atoms with Gasteiger partial charge in [-0.15, -0.1) is 0 Å². The van der Waals surface area contributed by atoms with Gasteiger partial charge in [-0.2, -0.15) is 0 Å². The molecule has 0 N–H and O–H groups in total. The molecule has 0 unspecified atom stereocenters. The second kappa shape index (κ2) is 4.14. The van der Waals surface area contributed by atoms with Crippen LogP contribution in [0.3, 0.4) is 0 Å². The first-order valence-corrected chi connectivity index (χ1v) is 6.64. The normalized spacial score (nSPS) is 11.4. The fraction of sp³-hybridized carbons (Fsp3) is 0. The van der Waals surface area contributed by atoms with Gasteiger partial charge in [0, 0.05) is 0 Å². The average molecular weight is 248 g/mol. The van der Waals surface area contributed by atoms with Crippen molar-refractivity contribution in [2.75, 3.05) is 0 Å². The van der Waals surface area contributed by atoms with Crippen LogP contribution in [0.1, 0.15) is 0 Å². The van der Waals surface area contributed by atoms with Gasteiger partial charge in [-0.1, -0.05) is 71.6 Å². The van der Waals surface area contributed by atoms with Crippen LogP contribution in [0.15, 0.2) is 60.7 Å². The van der Waals surface area contributed by atoms with Crippen molar-refractivity contribution in [3.8, 4) is 0 Å². The van der Waals surface area contributed by atoms with Gasteiger partial charge >= 0.3 is 0 Å². The molecule has 0 bridgehead atoms. The lowest BCUT2D eigenvalue weighted by atomic mass is 9.82. The Morgan fingerprint density at radius 1 is 0.450 bits per heavy atom. The SMILES string of the molecule is [B]c1cc2c3ccccc3c([B])cc2c2ccccc12. The lowest BCUT2D eigenvalue weighted by Crippen LogP contribution is -2.08. The monoisotopic (exact) mass is 248 g/mol. The molecule has 4 rings (SSSR count). The molecule has 0 nitrogen and oxygen atoms in total. The van der Waals surface area contributed by atoms with Crippen LogP contribution in [-0.2, 0) is 0 Å². The lowest BCUT2D eigenvalue weighted by molar-refractivity contribution is 1.80. The third-order valence-corrected chi connectivity index (χ3v) is 3.95. The molecule has 0 atom stereocenters. The Morgan fingerprint density at radius 2 is 0.800 bits per heavy atom. The maximum absolute atomic E-state index is 6.22. The molecule has 2 heteroatoms. The van der Waals surface area contributed by atoms with E-state index in [0.717, 1.165) is 43.2 Å². The minimum absolute atomic E-state index is 0.808. The quantitative estimate of drug-likeness (QED) is 0.331. The van der Waals surface area contributed by atoms with Gasteiger partial charge in [0.15, 0.2) is 0 Å². The summed E-state index contributed by atoms with van der Waals surface area (Å²) in [6.07, 6.45) is 0. The standard InChI is InChI=1S/C18H10B2/c19-17-10-16-12-6-2-4-8-14(12)18(20)9-15(16)11-5-1-3-7-13(11)17/h1-10H. The van der Waals surface area contributed by atoms with Gasteiger partial charge in [0.25, 0.3) is 0 Å². The number of benzene rings is 4. The van der Waals surface area contributed by atoms with E-state index < -0.39 is 0 Å². The van der Waals surface area contributed by atoms with Crippen molar-refractivity contribution < 1.29 is 0 Å². The maximum atomic E-state index is 6.22. The summed E-state index contributed by atoms with van der Waals surface area (Å²) in [5.74, 6) is 0. The summed E-state index contributed by atoms with van der Waals surface area (Å²) in [6, 6.07) is 20.5. The minimum atomic E-state index is 0.808. The number of fused-ring (bicyclic) bond motifs is 5. The van der Waals surface area contributed by atoms with Crippen LogP contribution >= 0.6 is 0 Å². The van der Waals surface area contributed by atoms with E-state index in [1.165, 1.54) is 0 Å². The minimum Gasteiger partial charge on any atom is -0.0883 e. The van der Waals surface area contributed by atoms with E-state index in [1.54, 1.807) is 0 Å². The van der Waals surface area contributed by atoms with E-state index in [0.29, 0.717) is 0 Å². The molecule has 4 radical (unpaired) electrons. The highest BCUT2D eigenvalue weighted by Gasteiger charge is 2.07. The van der Waals surface area contributed by atoms with Crippen LogP contribution in [0.4, 0.5) is 0 Å². The van der Waals surface area contributed by atoms with Crippen LogP contribution in [0.2, 0.25) is 0 Å². The van der Waals surface area contributed by atoms with Crippen molar-refractivity contribution in [2.24, 2.45) is 0 Å². The molecule has 0 aliphatic heterocycles. The zero-order chi connectivity index (χ0) is 13.7. The van der Waals surface area contributed by atoms with E-state index in [2.05, 4.69) is 36.4 Å². The third-order valence-electron chi connectivity index (χ3n) is 3.95. The van der Waals surface area contributed by atoms with E-state index in [1.807, 2.05) is 24.3 Å².